The molecule has 0 aliphatic carbocycles. The van der Waals surface area contributed by atoms with Gasteiger partial charge in [0.1, 0.15) is 18.0 Å². The zero-order chi connectivity index (χ0) is 15.4. The second-order valence-corrected chi connectivity index (χ2v) is 5.81. The molecule has 1 unspecified atom stereocenters. The fraction of sp³-hybridized carbons (Fsp3) is 0.412. The summed E-state index contributed by atoms with van der Waals surface area (Å²) in [6.07, 6.45) is 4.13. The second kappa shape index (κ2) is 6.75. The van der Waals surface area contributed by atoms with Crippen molar-refractivity contribution in [1.29, 1.82) is 0 Å². The maximum Gasteiger partial charge on any atom is 0.135 e. The number of nitrogens with zero attached hydrogens (tertiary/aromatic N) is 2. The molecule has 2 heterocycles. The number of hydrogen-bond donors (Lipinski definition) is 2. The number of hydrogen-bond acceptors (Lipinski definition) is 5. The third-order valence-corrected chi connectivity index (χ3v) is 3.70. The molecule has 0 amide bonds. The third-order valence-electron chi connectivity index (χ3n) is 3.70. The minimum absolute atomic E-state index is 0.297. The van der Waals surface area contributed by atoms with E-state index in [1.807, 2.05) is 6.07 Å². The van der Waals surface area contributed by atoms with Gasteiger partial charge in [0.25, 0.3) is 0 Å². The van der Waals surface area contributed by atoms with Crippen LogP contribution in [-0.2, 0) is 4.74 Å². The van der Waals surface area contributed by atoms with Gasteiger partial charge in [0, 0.05) is 24.9 Å². The van der Waals surface area contributed by atoms with Gasteiger partial charge in [0.05, 0.1) is 6.10 Å². The highest BCUT2D eigenvalue weighted by Gasteiger charge is 2.15. The zero-order valence-corrected chi connectivity index (χ0v) is 13.1. The second-order valence-electron chi connectivity index (χ2n) is 5.81. The van der Waals surface area contributed by atoms with Crippen LogP contribution in [0.25, 0.3) is 0 Å². The van der Waals surface area contributed by atoms with Crippen molar-refractivity contribution in [2.45, 2.75) is 32.8 Å². The fourth-order valence-electron chi connectivity index (χ4n) is 2.74. The van der Waals surface area contributed by atoms with Gasteiger partial charge in [-0.15, -0.1) is 0 Å². The largest absolute Gasteiger partial charge is 0.376 e. The van der Waals surface area contributed by atoms with Gasteiger partial charge in [-0.05, 0) is 49.9 Å². The molecular formula is C17H22N4O. The van der Waals surface area contributed by atoms with Crippen LogP contribution in [0, 0.1) is 13.8 Å². The highest BCUT2D eigenvalue weighted by Crippen LogP contribution is 2.19. The third kappa shape index (κ3) is 3.95. The van der Waals surface area contributed by atoms with Crippen LogP contribution in [0.2, 0.25) is 0 Å². The Bertz CT molecular complexity index is 618. The molecule has 2 N–H and O–H groups in total. The van der Waals surface area contributed by atoms with Crippen molar-refractivity contribution in [3.05, 3.63) is 41.7 Å². The lowest BCUT2D eigenvalue weighted by Crippen LogP contribution is -2.19. The standard InChI is InChI=1S/C17H22N4O/c1-12-6-13(2)8-14(7-12)21-17-9-16(19-11-20-17)18-10-15-4-3-5-22-15/h6-9,11,15H,3-5,10H2,1-2H3,(H2,18,19,20,21). The number of ether oxygens (including phenoxy) is 1. The van der Waals surface area contributed by atoms with E-state index in [4.69, 9.17) is 4.74 Å². The van der Waals surface area contributed by atoms with Crippen LogP contribution in [0.15, 0.2) is 30.6 Å². The highest BCUT2D eigenvalue weighted by atomic mass is 16.5. The molecule has 1 aromatic carbocycles. The lowest BCUT2D eigenvalue weighted by Gasteiger charge is -2.12. The number of aromatic nitrogens is 2. The van der Waals surface area contributed by atoms with Crippen molar-refractivity contribution in [2.75, 3.05) is 23.8 Å². The van der Waals surface area contributed by atoms with E-state index in [0.717, 1.165) is 43.3 Å². The predicted molar refractivity (Wildman–Crippen MR) is 88.7 cm³/mol. The lowest BCUT2D eigenvalue weighted by molar-refractivity contribution is 0.120. The SMILES string of the molecule is Cc1cc(C)cc(Nc2cc(NCC3CCCO3)ncn2)c1. The summed E-state index contributed by atoms with van der Waals surface area (Å²) in [5, 5.41) is 6.65. The Morgan fingerprint density at radius 3 is 2.59 bits per heavy atom. The van der Waals surface area contributed by atoms with E-state index >= 15 is 0 Å². The van der Waals surface area contributed by atoms with Crippen LogP contribution in [0.3, 0.4) is 0 Å². The van der Waals surface area contributed by atoms with E-state index in [0.29, 0.717) is 6.10 Å². The molecular weight excluding hydrogens is 276 g/mol. The van der Waals surface area contributed by atoms with Gasteiger partial charge in [0.15, 0.2) is 0 Å². The Morgan fingerprint density at radius 1 is 1.09 bits per heavy atom. The van der Waals surface area contributed by atoms with Crippen LogP contribution in [0.1, 0.15) is 24.0 Å². The van der Waals surface area contributed by atoms with Crippen LogP contribution < -0.4 is 10.6 Å². The van der Waals surface area contributed by atoms with Crippen molar-refractivity contribution in [3.63, 3.8) is 0 Å². The molecule has 1 fully saturated rings. The van der Waals surface area contributed by atoms with Gasteiger partial charge < -0.3 is 15.4 Å². The minimum Gasteiger partial charge on any atom is -0.376 e. The molecule has 5 heteroatoms. The number of anilines is 3. The molecule has 1 aliphatic heterocycles. The first-order valence-electron chi connectivity index (χ1n) is 7.72. The van der Waals surface area contributed by atoms with Crippen molar-refractivity contribution < 1.29 is 4.74 Å². The first-order chi connectivity index (χ1) is 10.7. The van der Waals surface area contributed by atoms with Crippen molar-refractivity contribution in [1.82, 2.24) is 9.97 Å². The Hall–Kier alpha value is -2.14. The van der Waals surface area contributed by atoms with Gasteiger partial charge in [-0.1, -0.05) is 6.07 Å². The number of benzene rings is 1. The van der Waals surface area contributed by atoms with Crippen molar-refractivity contribution in [3.8, 4) is 0 Å². The van der Waals surface area contributed by atoms with Crippen LogP contribution >= 0.6 is 0 Å². The summed E-state index contributed by atoms with van der Waals surface area (Å²) in [7, 11) is 0. The monoisotopic (exact) mass is 298 g/mol. The van der Waals surface area contributed by atoms with Crippen molar-refractivity contribution >= 4 is 17.3 Å². The molecule has 1 aromatic heterocycles. The topological polar surface area (TPSA) is 59.1 Å². The normalized spacial score (nSPS) is 17.5. The summed E-state index contributed by atoms with van der Waals surface area (Å²) in [5.74, 6) is 1.60. The quantitative estimate of drug-likeness (QED) is 0.885. The number of rotatable bonds is 5. The maximum absolute atomic E-state index is 5.61. The van der Waals surface area contributed by atoms with E-state index in [-0.39, 0.29) is 0 Å². The summed E-state index contributed by atoms with van der Waals surface area (Å²) in [4.78, 5) is 8.54. The van der Waals surface area contributed by atoms with E-state index in [2.05, 4.69) is 52.6 Å². The zero-order valence-electron chi connectivity index (χ0n) is 13.1. The Balaban J connectivity index is 1.65. The smallest absolute Gasteiger partial charge is 0.135 e. The van der Waals surface area contributed by atoms with Gasteiger partial charge >= 0.3 is 0 Å². The molecule has 22 heavy (non-hydrogen) atoms. The minimum atomic E-state index is 0.297. The Morgan fingerprint density at radius 2 is 1.86 bits per heavy atom. The van der Waals surface area contributed by atoms with Gasteiger partial charge in [-0.3, -0.25) is 0 Å². The Labute approximate surface area is 131 Å². The molecule has 1 saturated heterocycles. The van der Waals surface area contributed by atoms with E-state index in [9.17, 15) is 0 Å². The van der Waals surface area contributed by atoms with Crippen LogP contribution in [0.4, 0.5) is 17.3 Å². The number of aryl methyl sites for hydroxylation is 2. The predicted octanol–water partition coefficient (Wildman–Crippen LogP) is 3.43. The summed E-state index contributed by atoms with van der Waals surface area (Å²) in [6, 6.07) is 8.29. The molecule has 0 bridgehead atoms. The van der Waals surface area contributed by atoms with E-state index < -0.39 is 0 Å². The number of nitrogens with one attached hydrogen (secondary N) is 2. The van der Waals surface area contributed by atoms with Gasteiger partial charge in [0.2, 0.25) is 0 Å². The van der Waals surface area contributed by atoms with E-state index in [1.54, 1.807) is 6.33 Å². The summed E-state index contributed by atoms with van der Waals surface area (Å²) in [6.45, 7) is 5.84. The summed E-state index contributed by atoms with van der Waals surface area (Å²) in [5.41, 5.74) is 3.50. The molecule has 1 atom stereocenters. The maximum atomic E-state index is 5.61. The summed E-state index contributed by atoms with van der Waals surface area (Å²) < 4.78 is 5.61. The van der Waals surface area contributed by atoms with Crippen LogP contribution in [0.5, 0.6) is 0 Å². The first kappa shape index (κ1) is 14.8. The average Bonchev–Trinajstić information content (AvgIpc) is 2.98. The molecule has 0 spiro atoms. The molecule has 2 aromatic rings. The van der Waals surface area contributed by atoms with Crippen LogP contribution in [-0.4, -0.2) is 29.2 Å². The van der Waals surface area contributed by atoms with E-state index in [1.165, 1.54) is 11.1 Å². The molecule has 0 radical (unpaired) electrons. The van der Waals surface area contributed by atoms with Crippen molar-refractivity contribution in [2.24, 2.45) is 0 Å². The highest BCUT2D eigenvalue weighted by molar-refractivity contribution is 5.60. The molecule has 3 rings (SSSR count). The summed E-state index contributed by atoms with van der Waals surface area (Å²) >= 11 is 0. The first-order valence-corrected chi connectivity index (χ1v) is 7.72. The van der Waals surface area contributed by atoms with Gasteiger partial charge in [-0.2, -0.15) is 0 Å². The lowest BCUT2D eigenvalue weighted by atomic mass is 10.1. The average molecular weight is 298 g/mol. The molecule has 1 aliphatic rings. The van der Waals surface area contributed by atoms with Gasteiger partial charge in [-0.25, -0.2) is 9.97 Å². The molecule has 0 saturated carbocycles. The molecule has 5 nitrogen and oxygen atoms in total. The molecule has 116 valence electrons. The Kier molecular flexibility index (Phi) is 4.53. The fourth-order valence-corrected chi connectivity index (χ4v) is 2.74.